The Morgan fingerprint density at radius 1 is 1.38 bits per heavy atom. The fraction of sp³-hybridized carbons (Fsp3) is 0.333. The smallest absolute Gasteiger partial charge is 0.113 e. The predicted molar refractivity (Wildman–Crippen MR) is 61.3 cm³/mol. The van der Waals surface area contributed by atoms with Crippen molar-refractivity contribution in [3.05, 3.63) is 42.2 Å². The molecule has 4 nitrogen and oxygen atoms in total. The number of hydrogen-bond donors (Lipinski definition) is 1. The highest BCUT2D eigenvalue weighted by atomic mass is 16.3. The van der Waals surface area contributed by atoms with Crippen LogP contribution < -0.4 is 0 Å². The number of aryl methyl sites for hydroxylation is 1. The van der Waals surface area contributed by atoms with E-state index >= 15 is 0 Å². The van der Waals surface area contributed by atoms with Gasteiger partial charge in [-0.15, -0.1) is 0 Å². The van der Waals surface area contributed by atoms with Gasteiger partial charge in [0.05, 0.1) is 18.5 Å². The maximum absolute atomic E-state index is 9.28. The fourth-order valence-electron chi connectivity index (χ4n) is 1.73. The Morgan fingerprint density at radius 2 is 2.25 bits per heavy atom. The lowest BCUT2D eigenvalue weighted by atomic mass is 10.2. The summed E-state index contributed by atoms with van der Waals surface area (Å²) in [6.45, 7) is 2.14. The van der Waals surface area contributed by atoms with Crippen LogP contribution in [0.25, 0.3) is 5.69 Å². The molecule has 4 heteroatoms. The molecule has 0 unspecified atom stereocenters. The molecule has 0 spiro atoms. The van der Waals surface area contributed by atoms with Gasteiger partial charge < -0.3 is 9.67 Å². The maximum Gasteiger partial charge on any atom is 0.113 e. The van der Waals surface area contributed by atoms with Gasteiger partial charge in [-0.2, -0.15) is 0 Å². The van der Waals surface area contributed by atoms with Crippen LogP contribution in [0, 0.1) is 0 Å². The molecule has 0 amide bonds. The average Bonchev–Trinajstić information content (AvgIpc) is 2.77. The van der Waals surface area contributed by atoms with Crippen LogP contribution in [0.15, 0.2) is 30.9 Å². The highest BCUT2D eigenvalue weighted by Gasteiger charge is 2.07. The van der Waals surface area contributed by atoms with E-state index in [9.17, 15) is 5.11 Å². The van der Waals surface area contributed by atoms with E-state index < -0.39 is 0 Å². The molecule has 0 aliphatic carbocycles. The third-order valence-electron chi connectivity index (χ3n) is 2.51. The second-order valence-electron chi connectivity index (χ2n) is 3.63. The van der Waals surface area contributed by atoms with Crippen molar-refractivity contribution in [2.24, 2.45) is 0 Å². The van der Waals surface area contributed by atoms with Crippen LogP contribution in [0.4, 0.5) is 0 Å². The van der Waals surface area contributed by atoms with Crippen molar-refractivity contribution in [3.8, 4) is 5.69 Å². The third kappa shape index (κ3) is 1.97. The van der Waals surface area contributed by atoms with Crippen LogP contribution in [0.2, 0.25) is 0 Å². The summed E-state index contributed by atoms with van der Waals surface area (Å²) in [5.41, 5.74) is 1.77. The molecule has 2 rings (SSSR count). The summed E-state index contributed by atoms with van der Waals surface area (Å²) < 4.78 is 1.99. The number of aromatic nitrogens is 3. The molecule has 0 atom stereocenters. The van der Waals surface area contributed by atoms with Gasteiger partial charge >= 0.3 is 0 Å². The van der Waals surface area contributed by atoms with E-state index in [1.807, 2.05) is 16.8 Å². The minimum Gasteiger partial charge on any atom is -0.392 e. The van der Waals surface area contributed by atoms with Crippen molar-refractivity contribution in [1.29, 1.82) is 0 Å². The van der Waals surface area contributed by atoms with Gasteiger partial charge in [-0.05, 0) is 12.5 Å². The fourth-order valence-corrected chi connectivity index (χ4v) is 1.73. The highest BCUT2D eigenvalue weighted by molar-refractivity contribution is 5.39. The lowest BCUT2D eigenvalue weighted by Crippen LogP contribution is -2.04. The van der Waals surface area contributed by atoms with E-state index in [1.54, 1.807) is 18.6 Å². The molecular weight excluding hydrogens is 202 g/mol. The molecule has 1 N–H and O–H groups in total. The van der Waals surface area contributed by atoms with Gasteiger partial charge in [-0.25, -0.2) is 4.98 Å². The van der Waals surface area contributed by atoms with Gasteiger partial charge in [0.2, 0.25) is 0 Å². The van der Waals surface area contributed by atoms with Crippen molar-refractivity contribution >= 4 is 0 Å². The summed E-state index contributed by atoms with van der Waals surface area (Å²) in [6.07, 6.45) is 9.09. The van der Waals surface area contributed by atoms with Gasteiger partial charge in [0, 0.05) is 30.6 Å². The first-order chi connectivity index (χ1) is 7.86. The van der Waals surface area contributed by atoms with Crippen molar-refractivity contribution in [3.63, 3.8) is 0 Å². The maximum atomic E-state index is 9.28. The number of aliphatic hydroxyl groups excluding tert-OH is 1. The summed E-state index contributed by atoms with van der Waals surface area (Å²) >= 11 is 0. The van der Waals surface area contributed by atoms with Crippen molar-refractivity contribution in [2.75, 3.05) is 0 Å². The monoisotopic (exact) mass is 217 g/mol. The normalized spacial score (nSPS) is 10.6. The zero-order chi connectivity index (χ0) is 11.4. The summed E-state index contributed by atoms with van der Waals surface area (Å²) in [7, 11) is 0. The molecule has 2 aromatic heterocycles. The Kier molecular flexibility index (Phi) is 3.31. The highest BCUT2D eigenvalue weighted by Crippen LogP contribution is 2.15. The van der Waals surface area contributed by atoms with E-state index in [-0.39, 0.29) is 6.61 Å². The standard InChI is InChI=1S/C12H15N3O/c1-2-3-12-14-6-7-15(12)11-8-13-5-4-10(11)9-16/h4-8,16H,2-3,9H2,1H3. The van der Waals surface area contributed by atoms with E-state index in [4.69, 9.17) is 0 Å². The van der Waals surface area contributed by atoms with E-state index in [1.165, 1.54) is 0 Å². The van der Waals surface area contributed by atoms with Crippen molar-refractivity contribution < 1.29 is 5.11 Å². The van der Waals surface area contributed by atoms with Crippen LogP contribution in [-0.2, 0) is 13.0 Å². The van der Waals surface area contributed by atoms with Gasteiger partial charge in [-0.1, -0.05) is 6.92 Å². The van der Waals surface area contributed by atoms with E-state index in [0.717, 1.165) is 29.9 Å². The molecule has 2 heterocycles. The van der Waals surface area contributed by atoms with Crippen molar-refractivity contribution in [2.45, 2.75) is 26.4 Å². The van der Waals surface area contributed by atoms with Crippen LogP contribution >= 0.6 is 0 Å². The first kappa shape index (κ1) is 10.8. The number of imidazole rings is 1. The molecule has 2 aromatic rings. The van der Waals surface area contributed by atoms with Crippen molar-refractivity contribution in [1.82, 2.24) is 14.5 Å². The Bertz CT molecular complexity index is 465. The number of hydrogen-bond acceptors (Lipinski definition) is 3. The number of rotatable bonds is 4. The SMILES string of the molecule is CCCc1nccn1-c1cnccc1CO. The van der Waals surface area contributed by atoms with Gasteiger partial charge in [0.1, 0.15) is 5.82 Å². The molecule has 0 aliphatic heterocycles. The Labute approximate surface area is 94.6 Å². The molecule has 0 bridgehead atoms. The molecule has 84 valence electrons. The summed E-state index contributed by atoms with van der Waals surface area (Å²) in [5, 5.41) is 9.28. The second kappa shape index (κ2) is 4.90. The molecule has 0 saturated heterocycles. The first-order valence-corrected chi connectivity index (χ1v) is 5.43. The van der Waals surface area contributed by atoms with E-state index in [0.29, 0.717) is 0 Å². The molecule has 16 heavy (non-hydrogen) atoms. The van der Waals surface area contributed by atoms with Gasteiger partial charge in [0.25, 0.3) is 0 Å². The quantitative estimate of drug-likeness (QED) is 0.848. The zero-order valence-corrected chi connectivity index (χ0v) is 9.30. The van der Waals surface area contributed by atoms with Gasteiger partial charge in [0.15, 0.2) is 0 Å². The Hall–Kier alpha value is -1.68. The number of nitrogens with zero attached hydrogens (tertiary/aromatic N) is 3. The average molecular weight is 217 g/mol. The predicted octanol–water partition coefficient (Wildman–Crippen LogP) is 1.71. The van der Waals surface area contributed by atoms with Crippen LogP contribution in [0.5, 0.6) is 0 Å². The molecule has 0 aliphatic rings. The van der Waals surface area contributed by atoms with Gasteiger partial charge in [-0.3, -0.25) is 4.98 Å². The summed E-state index contributed by atoms with van der Waals surface area (Å²) in [5.74, 6) is 1.00. The third-order valence-corrected chi connectivity index (χ3v) is 2.51. The minimum absolute atomic E-state index is 0.0155. The first-order valence-electron chi connectivity index (χ1n) is 5.43. The molecule has 0 saturated carbocycles. The minimum atomic E-state index is 0.0155. The lowest BCUT2D eigenvalue weighted by Gasteiger charge is -2.10. The van der Waals surface area contributed by atoms with Crippen LogP contribution in [0.1, 0.15) is 24.7 Å². The molecule has 0 aromatic carbocycles. The topological polar surface area (TPSA) is 50.9 Å². The molecule has 0 fully saturated rings. The largest absolute Gasteiger partial charge is 0.392 e. The second-order valence-corrected chi connectivity index (χ2v) is 3.63. The Morgan fingerprint density at radius 3 is 3.00 bits per heavy atom. The Balaban J connectivity index is 2.45. The van der Waals surface area contributed by atoms with Crippen LogP contribution in [-0.4, -0.2) is 19.6 Å². The van der Waals surface area contributed by atoms with E-state index in [2.05, 4.69) is 16.9 Å². The zero-order valence-electron chi connectivity index (χ0n) is 9.30. The molecule has 0 radical (unpaired) electrons. The molecular formula is C12H15N3O. The summed E-state index contributed by atoms with van der Waals surface area (Å²) in [4.78, 5) is 8.40. The van der Waals surface area contributed by atoms with Crippen LogP contribution in [0.3, 0.4) is 0 Å². The number of pyridine rings is 1. The summed E-state index contributed by atoms with van der Waals surface area (Å²) in [6, 6.07) is 1.82. The lowest BCUT2D eigenvalue weighted by molar-refractivity contribution is 0.281. The number of aliphatic hydroxyl groups is 1.